The number of benzene rings is 3. The van der Waals surface area contributed by atoms with Crippen LogP contribution < -0.4 is 14.8 Å². The minimum atomic E-state index is -0.141. The molecule has 0 spiro atoms. The van der Waals surface area contributed by atoms with E-state index in [1.165, 1.54) is 22.1 Å². The van der Waals surface area contributed by atoms with Gasteiger partial charge in [-0.1, -0.05) is 48.6 Å². The number of nitrogens with zero attached hydrogens (tertiary/aromatic N) is 2. The summed E-state index contributed by atoms with van der Waals surface area (Å²) in [6.07, 6.45) is 16.8. The Hall–Kier alpha value is -4.65. The lowest BCUT2D eigenvalue weighted by atomic mass is 9.90. The molecule has 3 aromatic carbocycles. The Balaban J connectivity index is 1.09. The van der Waals surface area contributed by atoms with Gasteiger partial charge in [-0.15, -0.1) is 0 Å². The fraction of sp³-hybridized carbons (Fsp3) is 0.265. The van der Waals surface area contributed by atoms with Gasteiger partial charge in [0.05, 0.1) is 37.4 Å². The highest BCUT2D eigenvalue weighted by Gasteiger charge is 2.32. The van der Waals surface area contributed by atoms with Crippen LogP contribution in [-0.4, -0.2) is 49.2 Å². The molecule has 7 heteroatoms. The first-order valence-electron chi connectivity index (χ1n) is 14.2. The van der Waals surface area contributed by atoms with E-state index in [1.807, 2.05) is 17.2 Å². The maximum Gasteiger partial charge on any atom is 0.256 e. The van der Waals surface area contributed by atoms with Crippen molar-refractivity contribution < 1.29 is 19.1 Å². The second-order valence-corrected chi connectivity index (χ2v) is 10.8. The summed E-state index contributed by atoms with van der Waals surface area (Å²) >= 11 is 0. The Morgan fingerprint density at radius 3 is 2.88 bits per heavy atom. The number of amides is 2. The number of rotatable bonds is 6. The summed E-state index contributed by atoms with van der Waals surface area (Å²) in [5.74, 6) is 0.728. The van der Waals surface area contributed by atoms with Gasteiger partial charge in [-0.3, -0.25) is 14.6 Å². The van der Waals surface area contributed by atoms with Gasteiger partial charge in [0.2, 0.25) is 5.91 Å². The van der Waals surface area contributed by atoms with Crippen molar-refractivity contribution >= 4 is 57.9 Å². The average molecular weight is 546 g/mol. The van der Waals surface area contributed by atoms with Gasteiger partial charge in [0, 0.05) is 29.9 Å². The van der Waals surface area contributed by atoms with E-state index in [0.717, 1.165) is 48.9 Å². The van der Waals surface area contributed by atoms with Crippen LogP contribution >= 0.6 is 0 Å². The van der Waals surface area contributed by atoms with Crippen LogP contribution in [0.1, 0.15) is 59.2 Å². The van der Waals surface area contributed by atoms with E-state index < -0.39 is 0 Å². The maximum absolute atomic E-state index is 13.1. The molecule has 2 heterocycles. The second kappa shape index (κ2) is 10.4. The molecule has 1 fully saturated rings. The number of ether oxygens (including phenoxy) is 2. The third-order valence-corrected chi connectivity index (χ3v) is 8.32. The molecule has 7 rings (SSSR count). The first-order chi connectivity index (χ1) is 20.1. The quantitative estimate of drug-likeness (QED) is 0.370. The number of methoxy groups -OCH3 is 1. The molecule has 0 radical (unpaired) electrons. The highest BCUT2D eigenvalue weighted by atomic mass is 16.5. The zero-order valence-electron chi connectivity index (χ0n) is 23.0. The van der Waals surface area contributed by atoms with E-state index in [0.29, 0.717) is 22.7 Å². The molecule has 7 nitrogen and oxygen atoms in total. The van der Waals surface area contributed by atoms with E-state index in [1.54, 1.807) is 19.2 Å². The van der Waals surface area contributed by atoms with Crippen molar-refractivity contribution in [1.82, 2.24) is 4.90 Å². The van der Waals surface area contributed by atoms with Gasteiger partial charge in [0.25, 0.3) is 5.91 Å². The molecule has 0 aromatic heterocycles. The minimum absolute atomic E-state index is 0.0301. The number of aliphatic imine (C=N–C) groups is 1. The van der Waals surface area contributed by atoms with Crippen molar-refractivity contribution in [2.75, 3.05) is 25.6 Å². The highest BCUT2D eigenvalue weighted by molar-refractivity contribution is 6.11. The molecule has 206 valence electrons. The molecular weight excluding hydrogens is 514 g/mol. The van der Waals surface area contributed by atoms with Crippen LogP contribution in [-0.2, 0) is 4.79 Å². The summed E-state index contributed by atoms with van der Waals surface area (Å²) in [6.45, 7) is 0.885. The predicted octanol–water partition coefficient (Wildman–Crippen LogP) is 6.79. The number of anilines is 1. The number of nitrogens with one attached hydrogen (secondary N) is 1. The van der Waals surface area contributed by atoms with Crippen LogP contribution in [0.15, 0.2) is 59.6 Å². The Morgan fingerprint density at radius 2 is 1.98 bits per heavy atom. The molecule has 1 saturated heterocycles. The number of carbonyl (C=O) groups excluding carboxylic acids is 2. The largest absolute Gasteiger partial charge is 0.493 e. The topological polar surface area (TPSA) is 80.2 Å². The molecule has 0 unspecified atom stereocenters. The van der Waals surface area contributed by atoms with Crippen molar-refractivity contribution in [3.8, 4) is 11.5 Å². The predicted molar refractivity (Wildman–Crippen MR) is 163 cm³/mol. The maximum atomic E-state index is 13.1. The molecule has 1 N–H and O–H groups in total. The van der Waals surface area contributed by atoms with Crippen LogP contribution in [0.4, 0.5) is 11.4 Å². The van der Waals surface area contributed by atoms with Crippen LogP contribution in [0.25, 0.3) is 28.5 Å². The summed E-state index contributed by atoms with van der Waals surface area (Å²) in [6, 6.07) is 11.8. The van der Waals surface area contributed by atoms with Gasteiger partial charge < -0.3 is 19.7 Å². The number of carbonyl (C=O) groups is 2. The average Bonchev–Trinajstić information content (AvgIpc) is 3.18. The molecule has 2 aliphatic carbocycles. The van der Waals surface area contributed by atoms with Gasteiger partial charge in [0.15, 0.2) is 11.5 Å². The standard InChI is InChI=1S/C34H31N3O4/c1-40-29-18-26-28(35-20-24-10-5-16-37(24)34(26)39)19-30(29)41-17-15-31(38)36-27-14-12-23-9-4-8-21-6-2-3-7-22-11-13-25(27)33(23)32(21)22/h3-4,6-7,9,11-14,18-20,24H,2,5,8,10,15-17H2,1H3,(H,36,38)/t24-/m1/s1. The Bertz CT molecular complexity index is 1710. The molecule has 1 atom stereocenters. The second-order valence-electron chi connectivity index (χ2n) is 10.8. The molecule has 0 saturated carbocycles. The SMILES string of the molecule is COc1cc2c(cc1OCCC(=O)Nc1ccc3c4c5c(ccc14)C=CCC=C5CC=C3)N=C[C@H]1CCCN1C2=O. The molecule has 4 aliphatic rings. The summed E-state index contributed by atoms with van der Waals surface area (Å²) in [5, 5.41) is 5.31. The van der Waals surface area contributed by atoms with Crippen molar-refractivity contribution in [2.45, 2.75) is 38.1 Å². The molecule has 0 bridgehead atoms. The third-order valence-electron chi connectivity index (χ3n) is 8.32. The van der Waals surface area contributed by atoms with Crippen molar-refractivity contribution in [3.63, 3.8) is 0 Å². The van der Waals surface area contributed by atoms with Crippen LogP contribution in [0.3, 0.4) is 0 Å². The fourth-order valence-electron chi connectivity index (χ4n) is 6.31. The van der Waals surface area contributed by atoms with E-state index in [9.17, 15) is 9.59 Å². The first-order valence-corrected chi connectivity index (χ1v) is 14.2. The minimum Gasteiger partial charge on any atom is -0.493 e. The third kappa shape index (κ3) is 4.51. The van der Waals surface area contributed by atoms with Gasteiger partial charge in [-0.2, -0.15) is 0 Å². The zero-order chi connectivity index (χ0) is 27.9. The lowest BCUT2D eigenvalue weighted by Gasteiger charge is -2.20. The highest BCUT2D eigenvalue weighted by Crippen LogP contribution is 2.41. The molecule has 2 aliphatic heterocycles. The Labute approximate surface area is 238 Å². The van der Waals surface area contributed by atoms with Gasteiger partial charge in [0.1, 0.15) is 0 Å². The van der Waals surface area contributed by atoms with E-state index in [2.05, 4.69) is 58.9 Å². The van der Waals surface area contributed by atoms with Crippen molar-refractivity contribution in [2.24, 2.45) is 4.99 Å². The lowest BCUT2D eigenvalue weighted by Crippen LogP contribution is -2.35. The monoisotopic (exact) mass is 545 g/mol. The van der Waals surface area contributed by atoms with Crippen LogP contribution in [0.5, 0.6) is 11.5 Å². The molecule has 2 amide bonds. The van der Waals surface area contributed by atoms with Crippen molar-refractivity contribution in [3.05, 3.63) is 76.9 Å². The van der Waals surface area contributed by atoms with Gasteiger partial charge in [-0.05, 0) is 65.5 Å². The Morgan fingerprint density at radius 1 is 1.10 bits per heavy atom. The van der Waals surface area contributed by atoms with Gasteiger partial charge >= 0.3 is 0 Å². The van der Waals surface area contributed by atoms with Crippen LogP contribution in [0, 0.1) is 0 Å². The molecular formula is C34H31N3O4. The summed E-state index contributed by atoms with van der Waals surface area (Å²) in [4.78, 5) is 32.6. The Kier molecular flexibility index (Phi) is 6.42. The molecule has 3 aromatic rings. The normalized spacial score (nSPS) is 18.3. The van der Waals surface area contributed by atoms with Gasteiger partial charge in [-0.25, -0.2) is 0 Å². The fourth-order valence-corrected chi connectivity index (χ4v) is 6.31. The van der Waals surface area contributed by atoms with E-state index >= 15 is 0 Å². The zero-order valence-corrected chi connectivity index (χ0v) is 23.0. The van der Waals surface area contributed by atoms with Crippen LogP contribution in [0.2, 0.25) is 0 Å². The number of fused-ring (bicyclic) bond motifs is 2. The van der Waals surface area contributed by atoms with Crippen molar-refractivity contribution in [1.29, 1.82) is 0 Å². The first kappa shape index (κ1) is 25.3. The van der Waals surface area contributed by atoms with E-state index in [4.69, 9.17) is 9.47 Å². The van der Waals surface area contributed by atoms with E-state index in [-0.39, 0.29) is 30.9 Å². The lowest BCUT2D eigenvalue weighted by molar-refractivity contribution is -0.116. The summed E-state index contributed by atoms with van der Waals surface area (Å²) in [5.41, 5.74) is 6.81. The smallest absolute Gasteiger partial charge is 0.256 e. The number of allylic oxidation sites excluding steroid dienone is 4. The number of hydrogen-bond donors (Lipinski definition) is 1. The summed E-state index contributed by atoms with van der Waals surface area (Å²) < 4.78 is 11.5. The molecule has 41 heavy (non-hydrogen) atoms. The number of hydrogen-bond acceptors (Lipinski definition) is 5. The summed E-state index contributed by atoms with van der Waals surface area (Å²) in [7, 11) is 1.54.